The third kappa shape index (κ3) is 5.26. The molecule has 0 saturated carbocycles. The molecule has 0 saturated heterocycles. The lowest BCUT2D eigenvalue weighted by Gasteiger charge is -2.28. The smallest absolute Gasteiger partial charge is 0.322 e. The Morgan fingerprint density at radius 1 is 0.892 bits per heavy atom. The molecule has 0 spiro atoms. The number of fused-ring (bicyclic) bond motifs is 3. The van der Waals surface area contributed by atoms with E-state index in [9.17, 15) is 18.3 Å². The summed E-state index contributed by atoms with van der Waals surface area (Å²) in [5.41, 5.74) is 2.90. The molecule has 5 rings (SSSR count). The number of hydrogen-bond acceptors (Lipinski definition) is 5. The minimum Gasteiger partial charge on any atom is -0.480 e. The molecule has 0 aliphatic heterocycles. The molecule has 188 valence electrons. The first-order valence-electron chi connectivity index (χ1n) is 12.0. The summed E-state index contributed by atoms with van der Waals surface area (Å²) in [7, 11) is -4.19. The van der Waals surface area contributed by atoms with Gasteiger partial charge in [0.05, 0.1) is 4.90 Å². The fourth-order valence-corrected chi connectivity index (χ4v) is 6.20. The van der Waals surface area contributed by atoms with Gasteiger partial charge in [-0.15, -0.1) is 0 Å². The van der Waals surface area contributed by atoms with Crippen molar-refractivity contribution in [2.24, 2.45) is 0 Å². The van der Waals surface area contributed by atoms with Crippen LogP contribution in [0.4, 0.5) is 0 Å². The number of hydrogen-bond donors (Lipinski definition) is 1. The number of benzene rings is 3. The van der Waals surface area contributed by atoms with Gasteiger partial charge in [0.2, 0.25) is 10.0 Å². The number of rotatable bonds is 10. The van der Waals surface area contributed by atoms with Crippen molar-refractivity contribution in [3.05, 3.63) is 108 Å². The highest BCUT2D eigenvalue weighted by atomic mass is 32.2. The third-order valence-corrected chi connectivity index (χ3v) is 8.29. The van der Waals surface area contributed by atoms with E-state index in [-0.39, 0.29) is 17.9 Å². The molecule has 0 aliphatic carbocycles. The Kier molecular flexibility index (Phi) is 7.03. The lowest BCUT2D eigenvalue weighted by atomic mass is 10.0. The molecule has 0 bridgehead atoms. The highest BCUT2D eigenvalue weighted by Crippen LogP contribution is 2.32. The van der Waals surface area contributed by atoms with Gasteiger partial charge in [-0.3, -0.25) is 9.78 Å². The van der Waals surface area contributed by atoms with Crippen LogP contribution in [0.25, 0.3) is 21.9 Å². The van der Waals surface area contributed by atoms with E-state index in [1.54, 1.807) is 36.7 Å². The number of nitrogens with zero attached hydrogens (tertiary/aromatic N) is 2. The molecule has 0 amide bonds. The number of furan rings is 1. The molecule has 1 atom stereocenters. The van der Waals surface area contributed by atoms with Crippen LogP contribution in [0.15, 0.2) is 107 Å². The molecular weight excluding hydrogens is 488 g/mol. The number of aryl methyl sites for hydroxylation is 1. The van der Waals surface area contributed by atoms with E-state index in [0.29, 0.717) is 35.0 Å². The molecule has 37 heavy (non-hydrogen) atoms. The van der Waals surface area contributed by atoms with Crippen LogP contribution >= 0.6 is 0 Å². The molecule has 8 heteroatoms. The van der Waals surface area contributed by atoms with Crippen LogP contribution in [-0.4, -0.2) is 34.8 Å². The third-order valence-electron chi connectivity index (χ3n) is 6.43. The van der Waals surface area contributed by atoms with E-state index in [0.717, 1.165) is 15.3 Å². The van der Waals surface area contributed by atoms with Gasteiger partial charge in [0.15, 0.2) is 0 Å². The van der Waals surface area contributed by atoms with Crippen LogP contribution in [0.3, 0.4) is 0 Å². The standard InChI is InChI=1S/C29H26N2O5S/c32-29(33)26(13-6-10-21-8-2-1-3-9-21)31(20-22-11-7-17-30-19-22)37(34,35)23-15-16-28-25(18-23)24-12-4-5-14-27(24)36-28/h1-5,7-9,11-12,14-19,26H,6,10,13,20H2,(H,32,33). The van der Waals surface area contributed by atoms with Crippen LogP contribution in [0.2, 0.25) is 0 Å². The summed E-state index contributed by atoms with van der Waals surface area (Å²) >= 11 is 0. The van der Waals surface area contributed by atoms with Crippen molar-refractivity contribution in [1.29, 1.82) is 0 Å². The van der Waals surface area contributed by atoms with Crippen molar-refractivity contribution in [3.8, 4) is 0 Å². The molecule has 1 unspecified atom stereocenters. The predicted molar refractivity (Wildman–Crippen MR) is 141 cm³/mol. The number of pyridine rings is 1. The summed E-state index contributed by atoms with van der Waals surface area (Å²) in [6.45, 7) is -0.108. The Morgan fingerprint density at radius 2 is 1.62 bits per heavy atom. The van der Waals surface area contributed by atoms with Crippen LogP contribution in [-0.2, 0) is 27.8 Å². The number of carbonyl (C=O) groups is 1. The van der Waals surface area contributed by atoms with Gasteiger partial charge >= 0.3 is 5.97 Å². The Balaban J connectivity index is 1.52. The van der Waals surface area contributed by atoms with E-state index < -0.39 is 22.0 Å². The largest absolute Gasteiger partial charge is 0.480 e. The lowest BCUT2D eigenvalue weighted by Crippen LogP contribution is -2.44. The summed E-state index contributed by atoms with van der Waals surface area (Å²) in [6, 6.07) is 24.0. The molecule has 2 heterocycles. The zero-order valence-corrected chi connectivity index (χ0v) is 20.8. The molecule has 5 aromatic rings. The number of sulfonamides is 1. The second kappa shape index (κ2) is 10.5. The van der Waals surface area contributed by atoms with Crippen molar-refractivity contribution in [2.45, 2.75) is 36.7 Å². The Morgan fingerprint density at radius 3 is 2.38 bits per heavy atom. The van der Waals surface area contributed by atoms with Crippen molar-refractivity contribution >= 4 is 37.9 Å². The van der Waals surface area contributed by atoms with Gasteiger partial charge in [0.25, 0.3) is 0 Å². The number of aromatic nitrogens is 1. The summed E-state index contributed by atoms with van der Waals surface area (Å²) in [5, 5.41) is 11.6. The van der Waals surface area contributed by atoms with Crippen molar-refractivity contribution in [1.82, 2.24) is 9.29 Å². The predicted octanol–water partition coefficient (Wildman–Crippen LogP) is 5.65. The van der Waals surface area contributed by atoms with Gasteiger partial charge in [0.1, 0.15) is 17.2 Å². The maximum Gasteiger partial charge on any atom is 0.322 e. The molecule has 0 aliphatic rings. The topological polar surface area (TPSA) is 101 Å². The monoisotopic (exact) mass is 514 g/mol. The molecule has 2 aromatic heterocycles. The summed E-state index contributed by atoms with van der Waals surface area (Å²) in [6.07, 6.45) is 4.48. The van der Waals surface area contributed by atoms with E-state index in [2.05, 4.69) is 4.98 Å². The first kappa shape index (κ1) is 24.7. The fourth-order valence-electron chi connectivity index (χ4n) is 4.57. The first-order valence-corrected chi connectivity index (χ1v) is 13.5. The molecule has 1 N–H and O–H groups in total. The van der Waals surface area contributed by atoms with Crippen LogP contribution < -0.4 is 0 Å². The van der Waals surface area contributed by atoms with Gasteiger partial charge in [-0.05, 0) is 60.7 Å². The minimum atomic E-state index is -4.19. The van der Waals surface area contributed by atoms with E-state index in [1.165, 1.54) is 6.07 Å². The van der Waals surface area contributed by atoms with Crippen LogP contribution in [0.1, 0.15) is 24.0 Å². The molecule has 0 fully saturated rings. The van der Waals surface area contributed by atoms with E-state index in [4.69, 9.17) is 4.42 Å². The Hall–Kier alpha value is -4.01. The van der Waals surface area contributed by atoms with Gasteiger partial charge < -0.3 is 9.52 Å². The summed E-state index contributed by atoms with van der Waals surface area (Å²) in [4.78, 5) is 16.6. The van der Waals surface area contributed by atoms with Crippen molar-refractivity contribution in [2.75, 3.05) is 0 Å². The van der Waals surface area contributed by atoms with Crippen molar-refractivity contribution < 1.29 is 22.7 Å². The van der Waals surface area contributed by atoms with E-state index in [1.807, 2.05) is 54.6 Å². The van der Waals surface area contributed by atoms with Gasteiger partial charge in [-0.25, -0.2) is 8.42 Å². The molecule has 0 radical (unpaired) electrons. The zero-order valence-electron chi connectivity index (χ0n) is 20.0. The number of carboxylic acid groups (broad SMARTS) is 1. The molecule has 3 aromatic carbocycles. The van der Waals surface area contributed by atoms with Crippen molar-refractivity contribution in [3.63, 3.8) is 0 Å². The summed E-state index contributed by atoms with van der Waals surface area (Å²) < 4.78 is 35.0. The quantitative estimate of drug-likeness (QED) is 0.259. The first-order chi connectivity index (χ1) is 17.9. The Bertz CT molecular complexity index is 1630. The van der Waals surface area contributed by atoms with Crippen LogP contribution in [0, 0.1) is 0 Å². The average Bonchev–Trinajstić information content (AvgIpc) is 3.29. The van der Waals surface area contributed by atoms with Crippen LogP contribution in [0.5, 0.6) is 0 Å². The zero-order chi connectivity index (χ0) is 25.8. The highest BCUT2D eigenvalue weighted by Gasteiger charge is 2.36. The average molecular weight is 515 g/mol. The van der Waals surface area contributed by atoms with Gasteiger partial charge in [-0.2, -0.15) is 4.31 Å². The maximum atomic E-state index is 14.0. The normalized spacial score (nSPS) is 12.8. The minimum absolute atomic E-state index is 0.0183. The second-order valence-corrected chi connectivity index (χ2v) is 10.8. The lowest BCUT2D eigenvalue weighted by molar-refractivity contribution is -0.141. The number of carboxylic acids is 1. The summed E-state index contributed by atoms with van der Waals surface area (Å²) in [5.74, 6) is -1.18. The Labute approximate surface area is 215 Å². The number of para-hydroxylation sites is 1. The highest BCUT2D eigenvalue weighted by molar-refractivity contribution is 7.89. The molecular formula is C29H26N2O5S. The SMILES string of the molecule is O=C(O)C(CCCc1ccccc1)N(Cc1cccnc1)S(=O)(=O)c1ccc2oc3ccccc3c2c1. The van der Waals surface area contributed by atoms with Gasteiger partial charge in [-0.1, -0.05) is 54.6 Å². The van der Waals surface area contributed by atoms with E-state index >= 15 is 0 Å². The second-order valence-electron chi connectivity index (χ2n) is 8.90. The van der Waals surface area contributed by atoms with Gasteiger partial charge in [0, 0.05) is 29.7 Å². The maximum absolute atomic E-state index is 14.0. The fraction of sp³-hybridized carbons (Fsp3) is 0.172. The molecule has 7 nitrogen and oxygen atoms in total. The number of aliphatic carboxylic acids is 1.